The Labute approximate surface area is 129 Å². The number of likely N-dealkylation sites (N-methyl/N-ethyl adjacent to an activating group) is 1. The normalized spacial score (nSPS) is 19.1. The Morgan fingerprint density at radius 3 is 2.59 bits per heavy atom. The molecular weight excluding hydrogens is 284 g/mol. The number of rotatable bonds is 5. The van der Waals surface area contributed by atoms with Gasteiger partial charge in [-0.1, -0.05) is 30.3 Å². The Hall–Kier alpha value is -2.37. The van der Waals surface area contributed by atoms with E-state index in [1.54, 1.807) is 4.90 Å². The predicted molar refractivity (Wildman–Crippen MR) is 79.9 cm³/mol. The molecule has 1 aromatic carbocycles. The third-order valence-electron chi connectivity index (χ3n) is 4.01. The molecule has 1 aromatic rings. The molecule has 0 spiro atoms. The summed E-state index contributed by atoms with van der Waals surface area (Å²) in [5.41, 5.74) is 1.02. The number of benzene rings is 1. The van der Waals surface area contributed by atoms with Gasteiger partial charge in [0, 0.05) is 20.0 Å². The third-order valence-corrected chi connectivity index (χ3v) is 4.01. The summed E-state index contributed by atoms with van der Waals surface area (Å²) in [7, 11) is 1.45. The van der Waals surface area contributed by atoms with Gasteiger partial charge in [0.05, 0.1) is 12.0 Å². The Balaban J connectivity index is 2.04. The molecule has 2 rings (SSSR count). The first-order valence-corrected chi connectivity index (χ1v) is 7.21. The van der Waals surface area contributed by atoms with Crippen LogP contribution in [0, 0.1) is 5.92 Å². The van der Waals surface area contributed by atoms with Crippen molar-refractivity contribution in [2.75, 3.05) is 20.1 Å². The smallest absolute Gasteiger partial charge is 0.323 e. The molecule has 6 nitrogen and oxygen atoms in total. The second-order valence-electron chi connectivity index (χ2n) is 5.62. The third kappa shape index (κ3) is 3.44. The van der Waals surface area contributed by atoms with Gasteiger partial charge in [-0.25, -0.2) is 0 Å². The molecule has 0 saturated carbocycles. The van der Waals surface area contributed by atoms with Crippen LogP contribution in [0.3, 0.4) is 0 Å². The molecule has 1 fully saturated rings. The second kappa shape index (κ2) is 6.60. The van der Waals surface area contributed by atoms with E-state index in [0.29, 0.717) is 6.54 Å². The highest BCUT2D eigenvalue weighted by Gasteiger charge is 2.38. The molecule has 0 aromatic heterocycles. The summed E-state index contributed by atoms with van der Waals surface area (Å²) in [6.07, 6.45) is 0.139. The van der Waals surface area contributed by atoms with Crippen molar-refractivity contribution in [3.8, 4) is 0 Å². The molecule has 1 aliphatic heterocycles. The fourth-order valence-corrected chi connectivity index (χ4v) is 2.78. The largest absolute Gasteiger partial charge is 0.480 e. The fourth-order valence-electron chi connectivity index (χ4n) is 2.78. The number of carbonyl (C=O) groups is 3. The van der Waals surface area contributed by atoms with E-state index in [4.69, 9.17) is 5.11 Å². The van der Waals surface area contributed by atoms with Crippen molar-refractivity contribution in [3.63, 3.8) is 0 Å². The summed E-state index contributed by atoms with van der Waals surface area (Å²) in [5.74, 6) is -1.89. The molecule has 6 heteroatoms. The average Bonchev–Trinajstić information content (AvgIpc) is 2.87. The number of hydrogen-bond acceptors (Lipinski definition) is 3. The van der Waals surface area contributed by atoms with E-state index in [1.165, 1.54) is 7.05 Å². The first-order chi connectivity index (χ1) is 10.4. The number of carbonyl (C=O) groups excluding carboxylic acids is 2. The van der Waals surface area contributed by atoms with Gasteiger partial charge in [-0.2, -0.15) is 0 Å². The number of carboxylic acid groups (broad SMARTS) is 1. The van der Waals surface area contributed by atoms with E-state index in [0.717, 1.165) is 10.5 Å². The Morgan fingerprint density at radius 2 is 2.00 bits per heavy atom. The number of hydrogen-bond donors (Lipinski definition) is 1. The lowest BCUT2D eigenvalue weighted by Crippen LogP contribution is -2.38. The zero-order valence-electron chi connectivity index (χ0n) is 12.7. The van der Waals surface area contributed by atoms with Gasteiger partial charge in [-0.3, -0.25) is 14.4 Å². The van der Waals surface area contributed by atoms with Crippen LogP contribution in [0.25, 0.3) is 0 Å². The fraction of sp³-hybridized carbons (Fsp3) is 0.438. The SMILES string of the molecule is CC(c1ccccc1)N1CC(C(=O)N(C)CC(=O)O)CC1=O. The summed E-state index contributed by atoms with van der Waals surface area (Å²) >= 11 is 0. The quantitative estimate of drug-likeness (QED) is 0.885. The maximum Gasteiger partial charge on any atom is 0.323 e. The Morgan fingerprint density at radius 1 is 1.36 bits per heavy atom. The van der Waals surface area contributed by atoms with Gasteiger partial charge in [-0.15, -0.1) is 0 Å². The summed E-state index contributed by atoms with van der Waals surface area (Å²) in [5, 5.41) is 8.75. The van der Waals surface area contributed by atoms with Crippen LogP contribution >= 0.6 is 0 Å². The maximum atomic E-state index is 12.2. The van der Waals surface area contributed by atoms with Gasteiger partial charge in [0.25, 0.3) is 0 Å². The summed E-state index contributed by atoms with van der Waals surface area (Å²) in [4.78, 5) is 37.9. The van der Waals surface area contributed by atoms with E-state index >= 15 is 0 Å². The summed E-state index contributed by atoms with van der Waals surface area (Å²) < 4.78 is 0. The summed E-state index contributed by atoms with van der Waals surface area (Å²) in [6.45, 7) is 1.91. The van der Waals surface area contributed by atoms with Gasteiger partial charge in [-0.05, 0) is 12.5 Å². The molecule has 0 aliphatic carbocycles. The van der Waals surface area contributed by atoms with Crippen molar-refractivity contribution >= 4 is 17.8 Å². The molecule has 118 valence electrons. The molecule has 1 aliphatic rings. The van der Waals surface area contributed by atoms with Crippen molar-refractivity contribution in [1.82, 2.24) is 9.80 Å². The van der Waals surface area contributed by atoms with E-state index < -0.39 is 11.9 Å². The van der Waals surface area contributed by atoms with Crippen LogP contribution in [0.5, 0.6) is 0 Å². The van der Waals surface area contributed by atoms with Crippen molar-refractivity contribution < 1.29 is 19.5 Å². The number of carboxylic acids is 1. The first-order valence-electron chi connectivity index (χ1n) is 7.21. The lowest BCUT2D eigenvalue weighted by molar-refractivity contribution is -0.145. The van der Waals surface area contributed by atoms with Gasteiger partial charge in [0.15, 0.2) is 0 Å². The second-order valence-corrected chi connectivity index (χ2v) is 5.62. The molecule has 1 saturated heterocycles. The van der Waals surface area contributed by atoms with Crippen molar-refractivity contribution in [3.05, 3.63) is 35.9 Å². The van der Waals surface area contributed by atoms with Crippen molar-refractivity contribution in [2.24, 2.45) is 5.92 Å². The van der Waals surface area contributed by atoms with Crippen LogP contribution in [-0.4, -0.2) is 52.8 Å². The summed E-state index contributed by atoms with van der Waals surface area (Å²) in [6, 6.07) is 9.53. The van der Waals surface area contributed by atoms with Crippen molar-refractivity contribution in [2.45, 2.75) is 19.4 Å². The van der Waals surface area contributed by atoms with E-state index in [1.807, 2.05) is 37.3 Å². The Bertz CT molecular complexity index is 573. The average molecular weight is 304 g/mol. The number of likely N-dealkylation sites (tertiary alicyclic amines) is 1. The zero-order chi connectivity index (χ0) is 16.3. The van der Waals surface area contributed by atoms with Gasteiger partial charge in [0.2, 0.25) is 11.8 Å². The van der Waals surface area contributed by atoms with Gasteiger partial charge < -0.3 is 14.9 Å². The molecule has 2 unspecified atom stereocenters. The monoisotopic (exact) mass is 304 g/mol. The standard InChI is InChI=1S/C16H20N2O4/c1-11(12-6-4-3-5-7-12)18-9-13(8-14(18)19)16(22)17(2)10-15(20)21/h3-7,11,13H,8-10H2,1-2H3,(H,20,21). The molecule has 2 amide bonds. The molecule has 0 radical (unpaired) electrons. The first kappa shape index (κ1) is 16.0. The van der Waals surface area contributed by atoms with Crippen LogP contribution in [-0.2, 0) is 14.4 Å². The number of nitrogens with zero attached hydrogens (tertiary/aromatic N) is 2. The lowest BCUT2D eigenvalue weighted by Gasteiger charge is -2.25. The molecule has 1 heterocycles. The highest BCUT2D eigenvalue weighted by molar-refractivity contribution is 5.90. The minimum absolute atomic E-state index is 0.0709. The minimum Gasteiger partial charge on any atom is -0.480 e. The van der Waals surface area contributed by atoms with E-state index in [2.05, 4.69) is 0 Å². The molecule has 2 atom stereocenters. The molecule has 1 N–H and O–H groups in total. The molecule has 22 heavy (non-hydrogen) atoms. The van der Waals surface area contributed by atoms with E-state index in [-0.39, 0.29) is 30.8 Å². The maximum absolute atomic E-state index is 12.2. The van der Waals surface area contributed by atoms with Crippen LogP contribution in [0.15, 0.2) is 30.3 Å². The molecule has 0 bridgehead atoms. The Kier molecular flexibility index (Phi) is 4.80. The minimum atomic E-state index is -1.06. The molecular formula is C16H20N2O4. The zero-order valence-corrected chi connectivity index (χ0v) is 12.7. The number of aliphatic carboxylic acids is 1. The van der Waals surface area contributed by atoms with Crippen LogP contribution in [0.2, 0.25) is 0 Å². The highest BCUT2D eigenvalue weighted by Crippen LogP contribution is 2.29. The number of amides is 2. The topological polar surface area (TPSA) is 77.9 Å². The van der Waals surface area contributed by atoms with Crippen LogP contribution < -0.4 is 0 Å². The van der Waals surface area contributed by atoms with Crippen LogP contribution in [0.4, 0.5) is 0 Å². The van der Waals surface area contributed by atoms with Gasteiger partial charge >= 0.3 is 5.97 Å². The van der Waals surface area contributed by atoms with Crippen molar-refractivity contribution in [1.29, 1.82) is 0 Å². The highest BCUT2D eigenvalue weighted by atomic mass is 16.4. The van der Waals surface area contributed by atoms with Gasteiger partial charge in [0.1, 0.15) is 6.54 Å². The predicted octanol–water partition coefficient (Wildman–Crippen LogP) is 1.14. The van der Waals surface area contributed by atoms with E-state index in [9.17, 15) is 14.4 Å². The van der Waals surface area contributed by atoms with Crippen LogP contribution in [0.1, 0.15) is 24.9 Å². The lowest BCUT2D eigenvalue weighted by atomic mass is 10.1.